The summed E-state index contributed by atoms with van der Waals surface area (Å²) in [7, 11) is 0. The van der Waals surface area contributed by atoms with Gasteiger partial charge in [-0.1, -0.05) is 11.6 Å². The highest BCUT2D eigenvalue weighted by Crippen LogP contribution is 2.17. The summed E-state index contributed by atoms with van der Waals surface area (Å²) in [5, 5.41) is 0. The summed E-state index contributed by atoms with van der Waals surface area (Å²) in [6.45, 7) is 1.31. The molecular formula is C9H8ClFO2. The molecule has 0 N–H and O–H groups in total. The number of halogens is 2. The Morgan fingerprint density at radius 2 is 2.31 bits per heavy atom. The zero-order valence-electron chi connectivity index (χ0n) is 7.01. The van der Waals surface area contributed by atoms with Crippen LogP contribution in [0.1, 0.15) is 17.3 Å². The van der Waals surface area contributed by atoms with Gasteiger partial charge in [0.25, 0.3) is 0 Å². The molecule has 4 heteroatoms. The lowest BCUT2D eigenvalue weighted by Crippen LogP contribution is -1.98. The van der Waals surface area contributed by atoms with Crippen molar-refractivity contribution in [1.29, 1.82) is 0 Å². The molecule has 13 heavy (non-hydrogen) atoms. The third-order valence-corrected chi connectivity index (χ3v) is 1.65. The molecule has 0 amide bonds. The Morgan fingerprint density at radius 3 is 2.77 bits per heavy atom. The van der Waals surface area contributed by atoms with Crippen molar-refractivity contribution in [2.75, 3.05) is 6.07 Å². The summed E-state index contributed by atoms with van der Waals surface area (Å²) in [5.74, 6) is -0.581. The van der Waals surface area contributed by atoms with E-state index in [4.69, 9.17) is 16.3 Å². The minimum absolute atomic E-state index is 0.0428. The molecule has 1 rings (SSSR count). The van der Waals surface area contributed by atoms with Gasteiger partial charge >= 0.3 is 0 Å². The quantitative estimate of drug-likeness (QED) is 0.556. The first kappa shape index (κ1) is 9.99. The largest absolute Gasteiger partial charge is 0.478 e. The number of ether oxygens (including phenoxy) is 1. The molecule has 70 valence electrons. The van der Waals surface area contributed by atoms with E-state index in [2.05, 4.69) is 0 Å². The van der Waals surface area contributed by atoms with Gasteiger partial charge in [-0.25, -0.2) is 4.39 Å². The molecule has 0 fully saturated rings. The molecule has 0 aromatic heterocycles. The van der Waals surface area contributed by atoms with Crippen molar-refractivity contribution in [3.8, 4) is 5.75 Å². The van der Waals surface area contributed by atoms with E-state index < -0.39 is 5.82 Å². The SMILES string of the molecule is CC(=O)c1ccc(OCCl)cc1F. The van der Waals surface area contributed by atoms with Gasteiger partial charge < -0.3 is 4.74 Å². The van der Waals surface area contributed by atoms with Gasteiger partial charge in [-0.2, -0.15) is 0 Å². The van der Waals surface area contributed by atoms with Crippen LogP contribution < -0.4 is 4.74 Å². The zero-order valence-corrected chi connectivity index (χ0v) is 7.77. The maximum absolute atomic E-state index is 13.1. The molecule has 1 aromatic carbocycles. The fraction of sp³-hybridized carbons (Fsp3) is 0.222. The predicted molar refractivity (Wildman–Crippen MR) is 47.8 cm³/mol. The minimum Gasteiger partial charge on any atom is -0.478 e. The van der Waals surface area contributed by atoms with E-state index in [9.17, 15) is 9.18 Å². The number of Topliss-reactive ketones (excluding diaryl/α,β-unsaturated/α-hetero) is 1. The lowest BCUT2D eigenvalue weighted by Gasteiger charge is -2.03. The fourth-order valence-corrected chi connectivity index (χ4v) is 1.06. The summed E-state index contributed by atoms with van der Waals surface area (Å²) in [4.78, 5) is 10.8. The molecular weight excluding hydrogens is 195 g/mol. The normalized spacial score (nSPS) is 9.77. The van der Waals surface area contributed by atoms with Crippen LogP contribution in [0.3, 0.4) is 0 Å². The molecule has 0 bridgehead atoms. The summed E-state index contributed by atoms with van der Waals surface area (Å²) < 4.78 is 17.9. The third-order valence-electron chi connectivity index (χ3n) is 1.54. The van der Waals surface area contributed by atoms with E-state index in [1.54, 1.807) is 0 Å². The number of hydrogen-bond donors (Lipinski definition) is 0. The molecule has 0 saturated heterocycles. The average molecular weight is 203 g/mol. The second-order valence-corrected chi connectivity index (χ2v) is 2.67. The lowest BCUT2D eigenvalue weighted by atomic mass is 10.1. The van der Waals surface area contributed by atoms with Crippen LogP contribution in [0.2, 0.25) is 0 Å². The summed E-state index contributed by atoms with van der Waals surface area (Å²) >= 11 is 5.28. The number of carbonyl (C=O) groups is 1. The number of benzene rings is 1. The maximum Gasteiger partial charge on any atom is 0.162 e. The van der Waals surface area contributed by atoms with Crippen molar-refractivity contribution >= 4 is 17.4 Å². The molecule has 0 atom stereocenters. The highest BCUT2D eigenvalue weighted by Gasteiger charge is 2.07. The third kappa shape index (κ3) is 2.42. The Bertz CT molecular complexity index is 325. The minimum atomic E-state index is -0.588. The first-order valence-electron chi connectivity index (χ1n) is 3.64. The van der Waals surface area contributed by atoms with Crippen molar-refractivity contribution in [3.63, 3.8) is 0 Å². The molecule has 1 aromatic rings. The van der Waals surface area contributed by atoms with Gasteiger partial charge in [0, 0.05) is 6.07 Å². The number of hydrogen-bond acceptors (Lipinski definition) is 2. The van der Waals surface area contributed by atoms with Gasteiger partial charge in [-0.05, 0) is 19.1 Å². The van der Waals surface area contributed by atoms with Crippen molar-refractivity contribution < 1.29 is 13.9 Å². The maximum atomic E-state index is 13.1. The first-order chi connectivity index (χ1) is 6.15. The molecule has 0 radical (unpaired) electrons. The number of rotatable bonds is 3. The van der Waals surface area contributed by atoms with Gasteiger partial charge in [-0.3, -0.25) is 4.79 Å². The van der Waals surface area contributed by atoms with Crippen LogP contribution in [0, 0.1) is 5.82 Å². The molecule has 2 nitrogen and oxygen atoms in total. The summed E-state index contributed by atoms with van der Waals surface area (Å²) in [6, 6.07) is 3.97. The Balaban J connectivity index is 2.98. The molecule has 0 unspecified atom stereocenters. The van der Waals surface area contributed by atoms with E-state index in [0.29, 0.717) is 5.75 Å². The number of carbonyl (C=O) groups excluding carboxylic acids is 1. The van der Waals surface area contributed by atoms with Gasteiger partial charge in [-0.15, -0.1) is 0 Å². The number of alkyl halides is 1. The van der Waals surface area contributed by atoms with Crippen LogP contribution in [0.4, 0.5) is 4.39 Å². The average Bonchev–Trinajstić information content (AvgIpc) is 2.04. The van der Waals surface area contributed by atoms with Crippen LogP contribution >= 0.6 is 11.6 Å². The van der Waals surface area contributed by atoms with E-state index in [1.807, 2.05) is 0 Å². The van der Waals surface area contributed by atoms with E-state index in [0.717, 1.165) is 6.07 Å². The second-order valence-electron chi connectivity index (χ2n) is 2.45. The molecule has 0 aliphatic rings. The molecule has 0 aliphatic heterocycles. The molecule has 0 saturated carbocycles. The van der Waals surface area contributed by atoms with Crippen LogP contribution in [-0.2, 0) is 0 Å². The highest BCUT2D eigenvalue weighted by molar-refractivity contribution is 6.17. The van der Waals surface area contributed by atoms with Gasteiger partial charge in [0.2, 0.25) is 0 Å². The van der Waals surface area contributed by atoms with Crippen LogP contribution in [-0.4, -0.2) is 11.8 Å². The predicted octanol–water partition coefficient (Wildman–Crippen LogP) is 2.60. The Labute approximate surface area is 80.3 Å². The van der Waals surface area contributed by atoms with E-state index in [1.165, 1.54) is 19.1 Å². The van der Waals surface area contributed by atoms with Crippen LogP contribution in [0.25, 0.3) is 0 Å². The zero-order chi connectivity index (χ0) is 9.84. The lowest BCUT2D eigenvalue weighted by molar-refractivity contribution is 0.101. The van der Waals surface area contributed by atoms with Crippen molar-refractivity contribution in [3.05, 3.63) is 29.6 Å². The first-order valence-corrected chi connectivity index (χ1v) is 4.18. The van der Waals surface area contributed by atoms with Crippen LogP contribution in [0.15, 0.2) is 18.2 Å². The second kappa shape index (κ2) is 4.23. The van der Waals surface area contributed by atoms with E-state index in [-0.39, 0.29) is 17.4 Å². The standard InChI is InChI=1S/C9H8ClFO2/c1-6(12)8-3-2-7(13-5-10)4-9(8)11/h2-4H,5H2,1H3. The number of ketones is 1. The topological polar surface area (TPSA) is 26.3 Å². The molecule has 0 heterocycles. The van der Waals surface area contributed by atoms with Crippen molar-refractivity contribution in [1.82, 2.24) is 0 Å². The van der Waals surface area contributed by atoms with Crippen LogP contribution in [0.5, 0.6) is 5.75 Å². The smallest absolute Gasteiger partial charge is 0.162 e. The molecule has 0 aliphatic carbocycles. The molecule has 0 spiro atoms. The van der Waals surface area contributed by atoms with Crippen molar-refractivity contribution in [2.24, 2.45) is 0 Å². The Hall–Kier alpha value is -1.09. The Morgan fingerprint density at radius 1 is 1.62 bits per heavy atom. The monoisotopic (exact) mass is 202 g/mol. The highest BCUT2D eigenvalue weighted by atomic mass is 35.5. The van der Waals surface area contributed by atoms with E-state index >= 15 is 0 Å². The van der Waals surface area contributed by atoms with Gasteiger partial charge in [0.15, 0.2) is 11.8 Å². The fourth-order valence-electron chi connectivity index (χ4n) is 0.934. The summed E-state index contributed by atoms with van der Waals surface area (Å²) in [6.07, 6.45) is 0. The van der Waals surface area contributed by atoms with Gasteiger partial charge in [0.05, 0.1) is 5.56 Å². The Kier molecular flexibility index (Phi) is 3.25. The van der Waals surface area contributed by atoms with Crippen molar-refractivity contribution in [2.45, 2.75) is 6.92 Å². The summed E-state index contributed by atoms with van der Waals surface area (Å²) in [5.41, 5.74) is 0.0573. The van der Waals surface area contributed by atoms with Gasteiger partial charge in [0.1, 0.15) is 11.6 Å².